The van der Waals surface area contributed by atoms with Crippen molar-refractivity contribution in [3.63, 3.8) is 0 Å². The van der Waals surface area contributed by atoms with Crippen LogP contribution in [0.1, 0.15) is 41.6 Å². The van der Waals surface area contributed by atoms with Crippen LogP contribution in [0.5, 0.6) is 5.75 Å². The molecule has 43 heavy (non-hydrogen) atoms. The summed E-state index contributed by atoms with van der Waals surface area (Å²) in [6, 6.07) is 21.6. The van der Waals surface area contributed by atoms with Crippen molar-refractivity contribution >= 4 is 29.7 Å². The van der Waals surface area contributed by atoms with Gasteiger partial charge in [0.2, 0.25) is 5.91 Å². The first-order chi connectivity index (χ1) is 20.8. The smallest absolute Gasteiger partial charge is 0.411 e. The largest absolute Gasteiger partial charge is 0.496 e. The normalized spacial score (nSPS) is 24.4. The Morgan fingerprint density at radius 1 is 0.977 bits per heavy atom. The van der Waals surface area contributed by atoms with Crippen molar-refractivity contribution in [3.8, 4) is 16.9 Å². The fraction of sp³-hybridized carbons (Fsp3) is 0.382. The summed E-state index contributed by atoms with van der Waals surface area (Å²) in [6.45, 7) is 0. The zero-order valence-electron chi connectivity index (χ0n) is 24.7. The Hall–Kier alpha value is -4.21. The van der Waals surface area contributed by atoms with E-state index >= 15 is 0 Å². The minimum atomic E-state index is -0.448. The van der Waals surface area contributed by atoms with Gasteiger partial charge in [-0.05, 0) is 42.2 Å². The molecule has 3 aromatic rings. The number of benzene rings is 3. The highest BCUT2D eigenvalue weighted by atomic mass is 16.6. The van der Waals surface area contributed by atoms with Crippen LogP contribution in [0, 0.1) is 0 Å². The van der Waals surface area contributed by atoms with Crippen molar-refractivity contribution in [1.29, 1.82) is 0 Å². The molecule has 0 aromatic heterocycles. The molecule has 3 heterocycles. The van der Waals surface area contributed by atoms with Crippen LogP contribution >= 0.6 is 0 Å². The zero-order valence-corrected chi connectivity index (χ0v) is 24.7. The Bertz CT molecular complexity index is 1500. The van der Waals surface area contributed by atoms with E-state index in [0.29, 0.717) is 72.5 Å². The number of carbonyl (C=O) groups excluding carboxylic acids is 3. The summed E-state index contributed by atoms with van der Waals surface area (Å²) in [5, 5.41) is 5.89. The second-order valence-corrected chi connectivity index (χ2v) is 12.2. The number of methoxy groups -OCH3 is 1. The molecule has 6 rings (SSSR count). The number of hydrogen-bond acceptors (Lipinski definition) is 6. The highest BCUT2D eigenvalue weighted by Crippen LogP contribution is 2.51. The zero-order chi connectivity index (χ0) is 30.1. The number of aryl methyl sites for hydroxylation is 1. The molecule has 9 heteroatoms. The molecule has 3 aliphatic heterocycles. The first-order valence-corrected chi connectivity index (χ1v) is 14.8. The standard InChI is InChI=1S/C34H37N3O6/c1-37(2)28-18-25(19-29(37)33-32(28)43-33)42-34(40)36-27-16-21(12-15-26(27)22-9-5-4-6-10-22)8-7-11-31(39)35-24-14-13-23(20-38)30(17-24)41-3/h4-6,9-10,12-17,20,25,28-29,32-33H,7-8,11,18-19H2,1-3H3,(H-,35,36,38,39,40)/p+1/t25-,28-,29+,32-,33+. The average molecular weight is 585 g/mol. The molecule has 0 saturated carbocycles. The van der Waals surface area contributed by atoms with Gasteiger partial charge in [0.25, 0.3) is 0 Å². The van der Waals surface area contributed by atoms with Gasteiger partial charge in [-0.2, -0.15) is 0 Å². The molecule has 3 saturated heterocycles. The van der Waals surface area contributed by atoms with E-state index in [9.17, 15) is 14.4 Å². The van der Waals surface area contributed by atoms with Gasteiger partial charge in [0, 0.05) is 36.6 Å². The predicted octanol–water partition coefficient (Wildman–Crippen LogP) is 5.44. The number of quaternary nitrogens is 1. The van der Waals surface area contributed by atoms with E-state index in [4.69, 9.17) is 14.2 Å². The summed E-state index contributed by atoms with van der Waals surface area (Å²) in [5.41, 5.74) is 4.58. The number of amides is 2. The third-order valence-electron chi connectivity index (χ3n) is 9.23. The first-order valence-electron chi connectivity index (χ1n) is 14.8. The fourth-order valence-corrected chi connectivity index (χ4v) is 6.87. The van der Waals surface area contributed by atoms with Gasteiger partial charge in [0.15, 0.2) is 6.29 Å². The van der Waals surface area contributed by atoms with Crippen LogP contribution in [0.3, 0.4) is 0 Å². The molecule has 0 aliphatic carbocycles. The number of morpholine rings is 1. The Labute approximate surface area is 251 Å². The SMILES string of the molecule is COc1cc(NC(=O)CCCc2ccc(-c3ccccc3)c(NC(=O)O[C@@H]3C[C@@H]4[C@H]5O[C@H]5[C@H](C3)[N+]4(C)C)c2)ccc1C=O. The molecule has 2 N–H and O–H groups in total. The molecule has 2 bridgehead atoms. The van der Waals surface area contributed by atoms with Gasteiger partial charge in [-0.1, -0.05) is 42.5 Å². The van der Waals surface area contributed by atoms with Crippen molar-refractivity contribution in [2.75, 3.05) is 31.8 Å². The topological polar surface area (TPSA) is 106 Å². The Morgan fingerprint density at radius 2 is 1.72 bits per heavy atom. The molecule has 9 nitrogen and oxygen atoms in total. The van der Waals surface area contributed by atoms with Gasteiger partial charge in [-0.3, -0.25) is 14.9 Å². The van der Waals surface area contributed by atoms with Crippen LogP contribution in [0.2, 0.25) is 0 Å². The lowest BCUT2D eigenvalue weighted by atomic mass is 9.96. The van der Waals surface area contributed by atoms with E-state index in [1.807, 2.05) is 48.5 Å². The van der Waals surface area contributed by atoms with Crippen LogP contribution in [-0.4, -0.2) is 74.4 Å². The van der Waals surface area contributed by atoms with Crippen LogP contribution in [0.15, 0.2) is 66.7 Å². The second kappa shape index (κ2) is 11.8. The number of ether oxygens (including phenoxy) is 3. The number of epoxide rings is 1. The molecule has 0 radical (unpaired) electrons. The Kier molecular flexibility index (Phi) is 7.94. The lowest BCUT2D eigenvalue weighted by molar-refractivity contribution is -0.938. The van der Waals surface area contributed by atoms with Crippen LogP contribution in [0.25, 0.3) is 11.1 Å². The third kappa shape index (κ3) is 6.00. The van der Waals surface area contributed by atoms with Crippen LogP contribution in [0.4, 0.5) is 16.2 Å². The molecule has 224 valence electrons. The first kappa shape index (κ1) is 28.9. The monoisotopic (exact) mass is 584 g/mol. The van der Waals surface area contributed by atoms with E-state index in [0.717, 1.165) is 34.0 Å². The highest BCUT2D eigenvalue weighted by Gasteiger charge is 2.70. The van der Waals surface area contributed by atoms with Gasteiger partial charge >= 0.3 is 6.09 Å². The maximum absolute atomic E-state index is 13.2. The van der Waals surface area contributed by atoms with Crippen molar-refractivity contribution < 1.29 is 33.1 Å². The highest BCUT2D eigenvalue weighted by molar-refractivity contribution is 5.93. The van der Waals surface area contributed by atoms with Crippen molar-refractivity contribution in [2.24, 2.45) is 0 Å². The summed E-state index contributed by atoms with van der Waals surface area (Å²) in [4.78, 5) is 36.9. The molecule has 0 spiro atoms. The number of anilines is 2. The maximum Gasteiger partial charge on any atom is 0.411 e. The molecule has 2 amide bonds. The minimum absolute atomic E-state index is 0.130. The molecular weight excluding hydrogens is 546 g/mol. The van der Waals surface area contributed by atoms with E-state index < -0.39 is 6.09 Å². The number of likely N-dealkylation sites (N-methyl/N-ethyl adjacent to an activating group) is 1. The number of nitrogens with one attached hydrogen (secondary N) is 2. The van der Waals surface area contributed by atoms with E-state index in [1.165, 1.54) is 7.11 Å². The van der Waals surface area contributed by atoms with Crippen LogP contribution < -0.4 is 15.4 Å². The lowest BCUT2D eigenvalue weighted by Gasteiger charge is -2.45. The minimum Gasteiger partial charge on any atom is -0.496 e. The molecule has 3 aliphatic rings. The second-order valence-electron chi connectivity index (χ2n) is 12.2. The van der Waals surface area contributed by atoms with Gasteiger partial charge in [-0.25, -0.2) is 4.79 Å². The predicted molar refractivity (Wildman–Crippen MR) is 163 cm³/mol. The number of fused-ring (bicyclic) bond motifs is 5. The van der Waals surface area contributed by atoms with Gasteiger partial charge in [0.05, 0.1) is 32.5 Å². The van der Waals surface area contributed by atoms with Crippen molar-refractivity contribution in [2.45, 2.75) is 62.5 Å². The Morgan fingerprint density at radius 3 is 2.42 bits per heavy atom. The summed E-state index contributed by atoms with van der Waals surface area (Å²) in [7, 11) is 5.99. The molecule has 5 atom stereocenters. The summed E-state index contributed by atoms with van der Waals surface area (Å²) >= 11 is 0. The number of piperidine rings is 1. The van der Waals surface area contributed by atoms with Gasteiger partial charge in [-0.15, -0.1) is 0 Å². The number of aldehydes is 1. The van der Waals surface area contributed by atoms with Gasteiger partial charge < -0.3 is 24.0 Å². The summed E-state index contributed by atoms with van der Waals surface area (Å²) in [5.74, 6) is 0.282. The molecule has 3 aromatic carbocycles. The summed E-state index contributed by atoms with van der Waals surface area (Å²) in [6.07, 6.45) is 3.93. The lowest BCUT2D eigenvalue weighted by Crippen LogP contribution is -2.60. The molecule has 0 unspecified atom stereocenters. The Balaban J connectivity index is 1.09. The molecule has 3 fully saturated rings. The quantitative estimate of drug-likeness (QED) is 0.187. The van der Waals surface area contributed by atoms with E-state index in [-0.39, 0.29) is 12.0 Å². The van der Waals surface area contributed by atoms with Gasteiger partial charge in [0.1, 0.15) is 36.1 Å². The summed E-state index contributed by atoms with van der Waals surface area (Å²) < 4.78 is 18.0. The number of rotatable bonds is 10. The third-order valence-corrected chi connectivity index (χ3v) is 9.23. The fourth-order valence-electron chi connectivity index (χ4n) is 6.87. The molecular formula is C34H38N3O6+. The average Bonchev–Trinajstić information content (AvgIpc) is 3.76. The van der Waals surface area contributed by atoms with E-state index in [2.05, 4.69) is 24.7 Å². The van der Waals surface area contributed by atoms with Crippen molar-refractivity contribution in [1.82, 2.24) is 0 Å². The number of hydrogen-bond donors (Lipinski definition) is 2. The van der Waals surface area contributed by atoms with Crippen molar-refractivity contribution in [3.05, 3.63) is 77.9 Å². The number of nitrogens with zero attached hydrogens (tertiary/aromatic N) is 1. The van der Waals surface area contributed by atoms with Crippen LogP contribution in [-0.2, 0) is 20.7 Å². The van der Waals surface area contributed by atoms with E-state index in [1.54, 1.807) is 18.2 Å². The number of carbonyl (C=O) groups is 3. The maximum atomic E-state index is 13.2.